The molecule has 0 aliphatic carbocycles. The third kappa shape index (κ3) is 2.89. The Kier molecular flexibility index (Phi) is 4.06. The number of nitrogens with zero attached hydrogens (tertiary/aromatic N) is 3. The predicted molar refractivity (Wildman–Crippen MR) is 123 cm³/mol. The first-order valence-electron chi connectivity index (χ1n) is 10.1. The minimum absolute atomic E-state index is 0.786. The number of benzene rings is 4. The minimum atomic E-state index is 0.786. The van der Waals surface area contributed by atoms with Crippen LogP contribution in [-0.2, 0) is 0 Å². The summed E-state index contributed by atoms with van der Waals surface area (Å²) in [6, 6.07) is 33.0. The van der Waals surface area contributed by atoms with Crippen LogP contribution in [0.15, 0.2) is 108 Å². The molecular formula is C27H17N3O. The third-order valence-electron chi connectivity index (χ3n) is 5.60. The Balaban J connectivity index is 1.78. The number of fused-ring (bicyclic) bond motifs is 3. The molecule has 6 aromatic rings. The first-order chi connectivity index (χ1) is 15.4. The summed E-state index contributed by atoms with van der Waals surface area (Å²) in [4.78, 5) is 0. The highest BCUT2D eigenvalue weighted by molar-refractivity contribution is 6.17. The molecule has 0 amide bonds. The smallest absolute Gasteiger partial charge is 0.136 e. The Morgan fingerprint density at radius 1 is 0.581 bits per heavy atom. The molecule has 4 nitrogen and oxygen atoms in total. The monoisotopic (exact) mass is 399 g/mol. The molecule has 0 saturated carbocycles. The number of hydrogen-bond donors (Lipinski definition) is 0. The Hall–Kier alpha value is -4.31. The third-order valence-corrected chi connectivity index (χ3v) is 5.60. The minimum Gasteiger partial charge on any atom is -0.456 e. The maximum absolute atomic E-state index is 6.21. The van der Waals surface area contributed by atoms with Gasteiger partial charge in [0.05, 0.1) is 11.9 Å². The van der Waals surface area contributed by atoms with Gasteiger partial charge in [-0.3, -0.25) is 0 Å². The van der Waals surface area contributed by atoms with Gasteiger partial charge in [0.25, 0.3) is 0 Å². The number of rotatable bonds is 3. The highest BCUT2D eigenvalue weighted by Gasteiger charge is 2.20. The molecular weight excluding hydrogens is 382 g/mol. The van der Waals surface area contributed by atoms with Crippen LogP contribution in [0.5, 0.6) is 0 Å². The average molecular weight is 399 g/mol. The summed E-state index contributed by atoms with van der Waals surface area (Å²) in [5.41, 5.74) is 8.05. The molecule has 6 rings (SSSR count). The van der Waals surface area contributed by atoms with Gasteiger partial charge in [-0.25, -0.2) is 0 Å². The second-order valence-electron chi connectivity index (χ2n) is 7.38. The van der Waals surface area contributed by atoms with Crippen molar-refractivity contribution in [2.24, 2.45) is 0 Å². The van der Waals surface area contributed by atoms with E-state index in [9.17, 15) is 0 Å². The normalized spacial score (nSPS) is 11.2. The number of furan rings is 1. The molecule has 0 aliphatic rings. The highest BCUT2D eigenvalue weighted by Crippen LogP contribution is 2.45. The molecule has 146 valence electrons. The molecule has 0 fully saturated rings. The lowest BCUT2D eigenvalue weighted by Crippen LogP contribution is -1.94. The summed E-state index contributed by atoms with van der Waals surface area (Å²) in [5, 5.41) is 14.2. The Bertz CT molecular complexity index is 1520. The maximum atomic E-state index is 6.21. The van der Waals surface area contributed by atoms with Crippen LogP contribution in [0, 0.1) is 0 Å². The van der Waals surface area contributed by atoms with E-state index in [4.69, 9.17) is 4.42 Å². The summed E-state index contributed by atoms with van der Waals surface area (Å²) < 4.78 is 6.21. The lowest BCUT2D eigenvalue weighted by atomic mass is 9.87. The van der Waals surface area contributed by atoms with Crippen LogP contribution in [0.2, 0.25) is 0 Å². The largest absolute Gasteiger partial charge is 0.456 e. The Morgan fingerprint density at radius 2 is 1.35 bits per heavy atom. The van der Waals surface area contributed by atoms with Crippen LogP contribution in [-0.4, -0.2) is 15.4 Å². The lowest BCUT2D eigenvalue weighted by molar-refractivity contribution is 0.669. The fourth-order valence-electron chi connectivity index (χ4n) is 4.26. The topological polar surface area (TPSA) is 51.8 Å². The van der Waals surface area contributed by atoms with Crippen molar-refractivity contribution in [3.8, 4) is 33.5 Å². The highest BCUT2D eigenvalue weighted by atomic mass is 16.3. The van der Waals surface area contributed by atoms with Gasteiger partial charge in [0, 0.05) is 21.9 Å². The van der Waals surface area contributed by atoms with E-state index in [2.05, 4.69) is 82.1 Å². The van der Waals surface area contributed by atoms with E-state index >= 15 is 0 Å². The van der Waals surface area contributed by atoms with E-state index in [1.807, 2.05) is 30.3 Å². The summed E-state index contributed by atoms with van der Waals surface area (Å²) in [6.45, 7) is 0. The van der Waals surface area contributed by atoms with Crippen molar-refractivity contribution in [2.45, 2.75) is 0 Å². The van der Waals surface area contributed by atoms with E-state index in [1.54, 1.807) is 6.20 Å². The molecule has 2 heterocycles. The molecule has 0 radical (unpaired) electrons. The first kappa shape index (κ1) is 17.5. The SMILES string of the molecule is c1ccc(-c2ccc3oc4ccccc4c3c2-c2ccccc2-c2ccnnn2)cc1. The van der Waals surface area contributed by atoms with E-state index in [0.29, 0.717) is 0 Å². The van der Waals surface area contributed by atoms with Crippen molar-refractivity contribution in [2.75, 3.05) is 0 Å². The average Bonchev–Trinajstić information content (AvgIpc) is 3.23. The zero-order valence-electron chi connectivity index (χ0n) is 16.6. The van der Waals surface area contributed by atoms with E-state index < -0.39 is 0 Å². The fourth-order valence-corrected chi connectivity index (χ4v) is 4.26. The summed E-state index contributed by atoms with van der Waals surface area (Å²) in [5.74, 6) is 0. The molecule has 0 atom stereocenters. The van der Waals surface area contributed by atoms with Crippen molar-refractivity contribution in [1.82, 2.24) is 15.4 Å². The quantitative estimate of drug-likeness (QED) is 0.329. The van der Waals surface area contributed by atoms with Crippen molar-refractivity contribution in [3.63, 3.8) is 0 Å². The maximum Gasteiger partial charge on any atom is 0.136 e. The van der Waals surface area contributed by atoms with Gasteiger partial charge in [0.2, 0.25) is 0 Å². The number of aromatic nitrogens is 3. The second-order valence-corrected chi connectivity index (χ2v) is 7.38. The van der Waals surface area contributed by atoms with Gasteiger partial charge >= 0.3 is 0 Å². The van der Waals surface area contributed by atoms with Crippen LogP contribution in [0.3, 0.4) is 0 Å². The standard InChI is InChI=1S/C27H17N3O/c1-2-8-18(9-3-1)19-14-15-25-27(22-12-6-7-13-24(22)31-25)26(19)21-11-5-4-10-20(21)23-16-17-28-30-29-23/h1-17H. The van der Waals surface area contributed by atoms with Gasteiger partial charge in [-0.2, -0.15) is 0 Å². The van der Waals surface area contributed by atoms with Gasteiger partial charge in [-0.1, -0.05) is 78.9 Å². The molecule has 0 aliphatic heterocycles. The molecule has 4 heteroatoms. The van der Waals surface area contributed by atoms with Crippen LogP contribution in [0.25, 0.3) is 55.4 Å². The van der Waals surface area contributed by atoms with Gasteiger partial charge < -0.3 is 4.42 Å². The number of para-hydroxylation sites is 1. The molecule has 0 unspecified atom stereocenters. The summed E-state index contributed by atoms with van der Waals surface area (Å²) in [7, 11) is 0. The summed E-state index contributed by atoms with van der Waals surface area (Å²) in [6.07, 6.45) is 1.67. The zero-order chi connectivity index (χ0) is 20.6. The molecule has 0 N–H and O–H groups in total. The van der Waals surface area contributed by atoms with Gasteiger partial charge in [0.15, 0.2) is 0 Å². The Labute approximate surface area is 178 Å². The van der Waals surface area contributed by atoms with Crippen LogP contribution < -0.4 is 0 Å². The second kappa shape index (κ2) is 7.18. The summed E-state index contributed by atoms with van der Waals surface area (Å²) >= 11 is 0. The fraction of sp³-hybridized carbons (Fsp3) is 0. The zero-order valence-corrected chi connectivity index (χ0v) is 16.6. The molecule has 31 heavy (non-hydrogen) atoms. The van der Waals surface area contributed by atoms with Crippen molar-refractivity contribution in [3.05, 3.63) is 103 Å². The van der Waals surface area contributed by atoms with Crippen LogP contribution in [0.1, 0.15) is 0 Å². The van der Waals surface area contributed by atoms with E-state index in [1.165, 1.54) is 0 Å². The van der Waals surface area contributed by atoms with E-state index in [0.717, 1.165) is 55.4 Å². The van der Waals surface area contributed by atoms with Crippen LogP contribution >= 0.6 is 0 Å². The molecule has 0 saturated heterocycles. The van der Waals surface area contributed by atoms with Gasteiger partial charge in [-0.05, 0) is 40.1 Å². The van der Waals surface area contributed by atoms with Crippen molar-refractivity contribution in [1.29, 1.82) is 0 Å². The lowest BCUT2D eigenvalue weighted by Gasteiger charge is -2.15. The van der Waals surface area contributed by atoms with E-state index in [-0.39, 0.29) is 0 Å². The van der Waals surface area contributed by atoms with Crippen LogP contribution in [0.4, 0.5) is 0 Å². The molecule has 0 spiro atoms. The van der Waals surface area contributed by atoms with Gasteiger partial charge in [-0.15, -0.1) is 10.2 Å². The molecule has 4 aromatic carbocycles. The first-order valence-corrected chi connectivity index (χ1v) is 10.1. The molecule has 0 bridgehead atoms. The predicted octanol–water partition coefficient (Wildman–Crippen LogP) is 6.77. The van der Waals surface area contributed by atoms with Gasteiger partial charge in [0.1, 0.15) is 11.2 Å². The molecule has 2 aromatic heterocycles. The number of hydrogen-bond acceptors (Lipinski definition) is 4. The Morgan fingerprint density at radius 3 is 2.19 bits per heavy atom. The van der Waals surface area contributed by atoms with Crippen molar-refractivity contribution < 1.29 is 4.42 Å². The van der Waals surface area contributed by atoms with Crippen molar-refractivity contribution >= 4 is 21.9 Å².